The van der Waals surface area contributed by atoms with E-state index in [4.69, 9.17) is 10.5 Å². The van der Waals surface area contributed by atoms with E-state index in [9.17, 15) is 4.79 Å². The minimum Gasteiger partial charge on any atom is -0.489 e. The second kappa shape index (κ2) is 3.83. The summed E-state index contributed by atoms with van der Waals surface area (Å²) in [7, 11) is 1.70. The number of hydrogen-bond donors (Lipinski definition) is 1. The Morgan fingerprint density at radius 1 is 1.60 bits per heavy atom. The van der Waals surface area contributed by atoms with Crippen molar-refractivity contribution in [1.29, 1.82) is 0 Å². The number of hydrogen-bond acceptors (Lipinski definition) is 3. The molecule has 1 atom stereocenters. The van der Waals surface area contributed by atoms with Gasteiger partial charge in [-0.15, -0.1) is 0 Å². The predicted octanol–water partition coefficient (Wildman–Crippen LogP) is 1.13. The lowest BCUT2D eigenvalue weighted by Gasteiger charge is -2.17. The van der Waals surface area contributed by atoms with Crippen molar-refractivity contribution < 1.29 is 9.53 Å². The fourth-order valence-electron chi connectivity index (χ4n) is 1.49. The number of benzene rings is 1. The first-order valence-electron chi connectivity index (χ1n) is 4.55. The Hall–Kier alpha value is -1.07. The molecule has 0 spiro atoms. The standard InChI is InChI=1S/C10H11BrN2O2/c1-13-8-4-6(11)2-3-9(8)15-5-7(12)10(13)14/h2-4,7H,5,12H2,1H3. The first-order valence-corrected chi connectivity index (χ1v) is 5.34. The highest BCUT2D eigenvalue weighted by Crippen LogP contribution is 2.32. The molecule has 0 radical (unpaired) electrons. The monoisotopic (exact) mass is 270 g/mol. The zero-order valence-electron chi connectivity index (χ0n) is 8.24. The summed E-state index contributed by atoms with van der Waals surface area (Å²) in [5.74, 6) is 0.550. The zero-order valence-corrected chi connectivity index (χ0v) is 9.82. The highest BCUT2D eigenvalue weighted by molar-refractivity contribution is 9.10. The Morgan fingerprint density at radius 2 is 2.33 bits per heavy atom. The number of nitrogens with two attached hydrogens (primary N) is 1. The van der Waals surface area contributed by atoms with Gasteiger partial charge in [-0.1, -0.05) is 15.9 Å². The van der Waals surface area contributed by atoms with Crippen molar-refractivity contribution in [3.63, 3.8) is 0 Å². The number of rotatable bonds is 0. The van der Waals surface area contributed by atoms with Crippen molar-refractivity contribution in [2.45, 2.75) is 6.04 Å². The van der Waals surface area contributed by atoms with Crippen LogP contribution >= 0.6 is 15.9 Å². The Labute approximate surface area is 96.1 Å². The molecule has 1 aromatic rings. The minimum atomic E-state index is -0.596. The van der Waals surface area contributed by atoms with Crippen LogP contribution in [0.3, 0.4) is 0 Å². The summed E-state index contributed by atoms with van der Waals surface area (Å²) in [4.78, 5) is 13.3. The van der Waals surface area contributed by atoms with Crippen molar-refractivity contribution >= 4 is 27.5 Å². The van der Waals surface area contributed by atoms with Gasteiger partial charge in [-0.2, -0.15) is 0 Å². The van der Waals surface area contributed by atoms with Crippen LogP contribution in [0.5, 0.6) is 5.75 Å². The van der Waals surface area contributed by atoms with E-state index < -0.39 is 6.04 Å². The molecule has 1 aliphatic heterocycles. The third-order valence-electron chi connectivity index (χ3n) is 2.35. The Kier molecular flexibility index (Phi) is 2.67. The summed E-state index contributed by atoms with van der Waals surface area (Å²) in [5, 5.41) is 0. The second-order valence-electron chi connectivity index (χ2n) is 3.43. The van der Waals surface area contributed by atoms with Crippen molar-refractivity contribution in [3.8, 4) is 5.75 Å². The molecular formula is C10H11BrN2O2. The van der Waals surface area contributed by atoms with Crippen molar-refractivity contribution in [1.82, 2.24) is 0 Å². The summed E-state index contributed by atoms with van der Waals surface area (Å²) >= 11 is 3.35. The Morgan fingerprint density at radius 3 is 3.07 bits per heavy atom. The molecule has 1 amide bonds. The molecule has 0 aliphatic carbocycles. The highest BCUT2D eigenvalue weighted by atomic mass is 79.9. The molecule has 0 saturated heterocycles. The number of carbonyl (C=O) groups excluding carboxylic acids is 1. The van der Waals surface area contributed by atoms with Crippen LogP contribution in [0.4, 0.5) is 5.69 Å². The zero-order chi connectivity index (χ0) is 11.0. The van der Waals surface area contributed by atoms with Gasteiger partial charge in [0.25, 0.3) is 0 Å². The van der Waals surface area contributed by atoms with Crippen LogP contribution in [0, 0.1) is 0 Å². The van der Waals surface area contributed by atoms with Gasteiger partial charge in [-0.25, -0.2) is 0 Å². The van der Waals surface area contributed by atoms with Gasteiger partial charge in [-0.05, 0) is 18.2 Å². The fourth-order valence-corrected chi connectivity index (χ4v) is 1.84. The SMILES string of the molecule is CN1C(=O)C(N)COc2ccc(Br)cc21. The molecule has 0 aromatic heterocycles. The van der Waals surface area contributed by atoms with Gasteiger partial charge in [0.15, 0.2) is 0 Å². The largest absolute Gasteiger partial charge is 0.489 e. The topological polar surface area (TPSA) is 55.6 Å². The van der Waals surface area contributed by atoms with Gasteiger partial charge in [0.1, 0.15) is 18.4 Å². The van der Waals surface area contributed by atoms with Crippen LogP contribution in [-0.4, -0.2) is 25.6 Å². The van der Waals surface area contributed by atoms with Crippen LogP contribution in [-0.2, 0) is 4.79 Å². The lowest BCUT2D eigenvalue weighted by Crippen LogP contribution is -2.43. The Bertz CT molecular complexity index is 408. The Balaban J connectivity index is 2.48. The molecule has 4 nitrogen and oxygen atoms in total. The van der Waals surface area contributed by atoms with Crippen LogP contribution in [0.25, 0.3) is 0 Å². The van der Waals surface area contributed by atoms with Crippen molar-refractivity contribution in [2.75, 3.05) is 18.6 Å². The molecule has 80 valence electrons. The first-order chi connectivity index (χ1) is 7.09. The van der Waals surface area contributed by atoms with Gasteiger partial charge in [0.2, 0.25) is 5.91 Å². The fraction of sp³-hybridized carbons (Fsp3) is 0.300. The summed E-state index contributed by atoms with van der Waals surface area (Å²) in [6.07, 6.45) is 0. The number of ether oxygens (including phenoxy) is 1. The first kappa shape index (κ1) is 10.4. The van der Waals surface area contributed by atoms with Gasteiger partial charge in [-0.3, -0.25) is 4.79 Å². The van der Waals surface area contributed by atoms with Crippen LogP contribution < -0.4 is 15.4 Å². The molecule has 2 rings (SSSR count). The molecule has 1 heterocycles. The predicted molar refractivity (Wildman–Crippen MR) is 61.0 cm³/mol. The lowest BCUT2D eigenvalue weighted by atomic mass is 10.2. The van der Waals surface area contributed by atoms with Gasteiger partial charge < -0.3 is 15.4 Å². The highest BCUT2D eigenvalue weighted by Gasteiger charge is 2.26. The van der Waals surface area contributed by atoms with Gasteiger partial charge in [0.05, 0.1) is 5.69 Å². The quantitative estimate of drug-likeness (QED) is 0.769. The maximum atomic E-state index is 11.7. The summed E-state index contributed by atoms with van der Waals surface area (Å²) in [6, 6.07) is 4.93. The van der Waals surface area contributed by atoms with E-state index in [0.29, 0.717) is 5.75 Å². The minimum absolute atomic E-state index is 0.133. The molecule has 15 heavy (non-hydrogen) atoms. The number of nitrogens with zero attached hydrogens (tertiary/aromatic N) is 1. The van der Waals surface area contributed by atoms with E-state index in [1.165, 1.54) is 4.90 Å². The number of anilines is 1. The van der Waals surface area contributed by atoms with E-state index in [1.807, 2.05) is 18.2 Å². The average molecular weight is 271 g/mol. The molecule has 1 aromatic carbocycles. The van der Waals surface area contributed by atoms with E-state index in [-0.39, 0.29) is 12.5 Å². The van der Waals surface area contributed by atoms with Crippen molar-refractivity contribution in [3.05, 3.63) is 22.7 Å². The number of halogens is 1. The van der Waals surface area contributed by atoms with E-state index >= 15 is 0 Å². The van der Waals surface area contributed by atoms with Gasteiger partial charge >= 0.3 is 0 Å². The average Bonchev–Trinajstić information content (AvgIpc) is 2.32. The van der Waals surface area contributed by atoms with Crippen LogP contribution in [0.15, 0.2) is 22.7 Å². The number of carbonyl (C=O) groups is 1. The lowest BCUT2D eigenvalue weighted by molar-refractivity contribution is -0.119. The van der Waals surface area contributed by atoms with Gasteiger partial charge in [0, 0.05) is 11.5 Å². The summed E-state index contributed by atoms with van der Waals surface area (Å²) in [6.45, 7) is 0.220. The third-order valence-corrected chi connectivity index (χ3v) is 2.84. The molecule has 0 fully saturated rings. The number of amides is 1. The molecule has 0 bridgehead atoms. The number of fused-ring (bicyclic) bond motifs is 1. The van der Waals surface area contributed by atoms with Crippen LogP contribution in [0.2, 0.25) is 0 Å². The normalized spacial score (nSPS) is 20.6. The molecule has 1 aliphatic rings. The van der Waals surface area contributed by atoms with Crippen LogP contribution in [0.1, 0.15) is 0 Å². The third kappa shape index (κ3) is 1.85. The smallest absolute Gasteiger partial charge is 0.247 e. The maximum Gasteiger partial charge on any atom is 0.247 e. The second-order valence-corrected chi connectivity index (χ2v) is 4.34. The summed E-state index contributed by atoms with van der Waals surface area (Å²) in [5.41, 5.74) is 6.40. The van der Waals surface area contributed by atoms with E-state index in [1.54, 1.807) is 7.05 Å². The van der Waals surface area contributed by atoms with Crippen molar-refractivity contribution in [2.24, 2.45) is 5.73 Å². The molecular weight excluding hydrogens is 260 g/mol. The number of likely N-dealkylation sites (N-methyl/N-ethyl adjacent to an activating group) is 1. The maximum absolute atomic E-state index is 11.7. The molecule has 1 unspecified atom stereocenters. The summed E-state index contributed by atoms with van der Waals surface area (Å²) < 4.78 is 6.35. The molecule has 0 saturated carbocycles. The molecule has 5 heteroatoms. The van der Waals surface area contributed by atoms with E-state index in [2.05, 4.69) is 15.9 Å². The molecule has 2 N–H and O–H groups in total. The van der Waals surface area contributed by atoms with E-state index in [0.717, 1.165) is 10.2 Å².